The first-order valence-electron chi connectivity index (χ1n) is 5.53. The maximum absolute atomic E-state index is 4.10. The van der Waals surface area contributed by atoms with Crippen LogP contribution in [0.3, 0.4) is 0 Å². The monoisotopic (exact) mass is 214 g/mol. The third kappa shape index (κ3) is 4.79. The minimum Gasteiger partial charge on any atom is -0.0988 e. The molecule has 0 rings (SSSR count). The first-order valence-corrected chi connectivity index (χ1v) is 5.53. The fourth-order valence-corrected chi connectivity index (χ4v) is 1.43. The van der Waals surface area contributed by atoms with Crippen LogP contribution in [0.25, 0.3) is 0 Å². The minimum atomic E-state index is 1.02. The van der Waals surface area contributed by atoms with Gasteiger partial charge in [0, 0.05) is 0 Å². The predicted molar refractivity (Wildman–Crippen MR) is 75.4 cm³/mol. The van der Waals surface area contributed by atoms with E-state index >= 15 is 0 Å². The molecule has 0 radical (unpaired) electrons. The molecule has 0 saturated heterocycles. The highest BCUT2D eigenvalue weighted by molar-refractivity contribution is 5.51. The molecule has 0 amide bonds. The summed E-state index contributed by atoms with van der Waals surface area (Å²) in [5.74, 6) is 0. The fraction of sp³-hybridized carbons (Fsp3) is 0.250. The third-order valence-electron chi connectivity index (χ3n) is 2.24. The van der Waals surface area contributed by atoms with Gasteiger partial charge in [0.2, 0.25) is 0 Å². The largest absolute Gasteiger partial charge is 0.0988 e. The van der Waals surface area contributed by atoms with Crippen molar-refractivity contribution in [3.63, 3.8) is 0 Å². The molecule has 0 bridgehead atoms. The zero-order valence-corrected chi connectivity index (χ0v) is 10.9. The Morgan fingerprint density at radius 2 is 1.56 bits per heavy atom. The molecular weight excluding hydrogens is 192 g/mol. The second-order valence-electron chi connectivity index (χ2n) is 3.71. The summed E-state index contributed by atoms with van der Waals surface area (Å²) in [6, 6.07) is 0. The Morgan fingerprint density at radius 1 is 1.00 bits per heavy atom. The molecule has 0 spiro atoms. The molecule has 0 unspecified atom stereocenters. The van der Waals surface area contributed by atoms with E-state index in [1.54, 1.807) is 0 Å². The summed E-state index contributed by atoms with van der Waals surface area (Å²) < 4.78 is 0. The molecule has 0 aliphatic heterocycles. The minimum absolute atomic E-state index is 1.02. The van der Waals surface area contributed by atoms with Gasteiger partial charge in [0.15, 0.2) is 0 Å². The highest BCUT2D eigenvalue weighted by Gasteiger charge is 1.99. The number of allylic oxidation sites excluding steroid dienone is 10. The maximum Gasteiger partial charge on any atom is -0.0164 e. The second-order valence-corrected chi connectivity index (χ2v) is 3.71. The Labute approximate surface area is 100 Å². The van der Waals surface area contributed by atoms with Gasteiger partial charge in [-0.3, -0.25) is 0 Å². The summed E-state index contributed by atoms with van der Waals surface area (Å²) >= 11 is 0. The van der Waals surface area contributed by atoms with Crippen molar-refractivity contribution in [1.82, 2.24) is 0 Å². The molecule has 0 aliphatic carbocycles. The van der Waals surface area contributed by atoms with Crippen molar-refractivity contribution >= 4 is 0 Å². The molecule has 16 heavy (non-hydrogen) atoms. The number of rotatable bonds is 5. The first kappa shape index (κ1) is 14.4. The quantitative estimate of drug-likeness (QED) is 0.556. The fourth-order valence-electron chi connectivity index (χ4n) is 1.43. The molecule has 0 fully saturated rings. The van der Waals surface area contributed by atoms with Gasteiger partial charge in [0.05, 0.1) is 0 Å². The highest BCUT2D eigenvalue weighted by Crippen LogP contribution is 2.18. The van der Waals surface area contributed by atoms with Crippen LogP contribution in [0.1, 0.15) is 27.7 Å². The second kappa shape index (κ2) is 7.70. The van der Waals surface area contributed by atoms with Crippen molar-refractivity contribution in [1.29, 1.82) is 0 Å². The van der Waals surface area contributed by atoms with Crippen LogP contribution in [0.5, 0.6) is 0 Å². The van der Waals surface area contributed by atoms with Gasteiger partial charge >= 0.3 is 0 Å². The molecule has 0 heterocycles. The number of hydrogen-bond acceptors (Lipinski definition) is 0. The van der Waals surface area contributed by atoms with E-state index in [2.05, 4.69) is 38.3 Å². The summed E-state index contributed by atoms with van der Waals surface area (Å²) in [4.78, 5) is 0. The average Bonchev–Trinajstić information content (AvgIpc) is 2.24. The van der Waals surface area contributed by atoms with Crippen molar-refractivity contribution in [3.05, 3.63) is 71.9 Å². The van der Waals surface area contributed by atoms with E-state index in [0.717, 1.165) is 16.7 Å². The number of hydrogen-bond donors (Lipinski definition) is 0. The van der Waals surface area contributed by atoms with Crippen LogP contribution in [0.4, 0.5) is 0 Å². The van der Waals surface area contributed by atoms with Crippen molar-refractivity contribution in [2.24, 2.45) is 0 Å². The molecule has 0 aromatic rings. The van der Waals surface area contributed by atoms with Gasteiger partial charge in [0.25, 0.3) is 0 Å². The summed E-state index contributed by atoms with van der Waals surface area (Å²) in [5.41, 5.74) is 4.51. The molecule has 0 heteroatoms. The lowest BCUT2D eigenvalue weighted by atomic mass is 9.99. The van der Waals surface area contributed by atoms with Gasteiger partial charge < -0.3 is 0 Å². The summed E-state index contributed by atoms with van der Waals surface area (Å²) in [6.45, 7) is 16.0. The van der Waals surface area contributed by atoms with Gasteiger partial charge in [-0.15, -0.1) is 0 Å². The van der Waals surface area contributed by atoms with Crippen molar-refractivity contribution in [3.8, 4) is 0 Å². The first-order chi connectivity index (χ1) is 7.56. The lowest BCUT2D eigenvalue weighted by molar-refractivity contribution is 1.38. The Kier molecular flexibility index (Phi) is 6.95. The van der Waals surface area contributed by atoms with Crippen LogP contribution in [0.2, 0.25) is 0 Å². The van der Waals surface area contributed by atoms with Crippen molar-refractivity contribution < 1.29 is 0 Å². The molecule has 86 valence electrons. The zero-order chi connectivity index (χ0) is 12.6. The van der Waals surface area contributed by atoms with E-state index in [-0.39, 0.29) is 0 Å². The third-order valence-corrected chi connectivity index (χ3v) is 2.24. The molecule has 0 aliphatic rings. The van der Waals surface area contributed by atoms with Crippen molar-refractivity contribution in [2.45, 2.75) is 27.7 Å². The Balaban J connectivity index is 5.21. The molecule has 0 nitrogen and oxygen atoms in total. The van der Waals surface area contributed by atoms with E-state index in [9.17, 15) is 0 Å². The normalized spacial score (nSPS) is 14.4. The zero-order valence-electron chi connectivity index (χ0n) is 10.9. The van der Waals surface area contributed by atoms with Gasteiger partial charge in [-0.05, 0) is 44.4 Å². The summed E-state index contributed by atoms with van der Waals surface area (Å²) in [5, 5.41) is 0. The van der Waals surface area contributed by atoms with E-state index in [1.165, 1.54) is 5.57 Å². The maximum atomic E-state index is 4.10. The molecule has 0 saturated carbocycles. The van der Waals surface area contributed by atoms with Crippen LogP contribution in [0.15, 0.2) is 71.9 Å². The van der Waals surface area contributed by atoms with Gasteiger partial charge in [-0.2, -0.15) is 0 Å². The summed E-state index contributed by atoms with van der Waals surface area (Å²) in [6.07, 6.45) is 12.1. The van der Waals surface area contributed by atoms with Gasteiger partial charge in [0.1, 0.15) is 0 Å². The van der Waals surface area contributed by atoms with Crippen LogP contribution in [-0.2, 0) is 0 Å². The molecule has 0 aromatic carbocycles. The molecule has 0 aromatic heterocycles. The Hall–Kier alpha value is -1.56. The van der Waals surface area contributed by atoms with Crippen LogP contribution in [0, 0.1) is 0 Å². The van der Waals surface area contributed by atoms with Gasteiger partial charge in [-0.1, -0.05) is 55.2 Å². The topological polar surface area (TPSA) is 0 Å². The lowest BCUT2D eigenvalue weighted by Gasteiger charge is -2.06. The lowest BCUT2D eigenvalue weighted by Crippen LogP contribution is -1.86. The predicted octanol–water partition coefficient (Wildman–Crippen LogP) is 5.14. The average molecular weight is 214 g/mol. The Bertz CT molecular complexity index is 371. The van der Waals surface area contributed by atoms with E-state index < -0.39 is 0 Å². The Morgan fingerprint density at radius 3 is 2.00 bits per heavy atom. The van der Waals surface area contributed by atoms with Gasteiger partial charge in [-0.25, -0.2) is 0 Å². The molecule has 0 N–H and O–H groups in total. The highest BCUT2D eigenvalue weighted by atomic mass is 14.0. The summed E-state index contributed by atoms with van der Waals surface area (Å²) in [7, 11) is 0. The van der Waals surface area contributed by atoms with Crippen LogP contribution in [-0.4, -0.2) is 0 Å². The smallest absolute Gasteiger partial charge is 0.0164 e. The SMILES string of the molecule is C=C/C(C)=C(\C=C/C)C(=C)/C=C(C)\C=C/C. The van der Waals surface area contributed by atoms with Crippen molar-refractivity contribution in [2.75, 3.05) is 0 Å². The van der Waals surface area contributed by atoms with E-state index in [1.807, 2.05) is 39.0 Å². The van der Waals surface area contributed by atoms with E-state index in [4.69, 9.17) is 0 Å². The van der Waals surface area contributed by atoms with E-state index in [0.29, 0.717) is 0 Å². The van der Waals surface area contributed by atoms with Crippen LogP contribution < -0.4 is 0 Å². The van der Waals surface area contributed by atoms with Crippen LogP contribution >= 0.6 is 0 Å². The molecule has 0 atom stereocenters. The standard InChI is InChI=1S/C16H22/c1-7-10-13(4)12-15(6)16(11-8-2)14(5)9-3/h7-12H,3,6H2,1-2,4-5H3/b10-7-,11-8-,13-12-,16-14+. The molecular formula is C16H22.